The molecule has 0 bridgehead atoms. The molecule has 0 N–H and O–H groups in total. The van der Waals surface area contributed by atoms with Crippen molar-refractivity contribution in [3.63, 3.8) is 0 Å². The Hall–Kier alpha value is -1.06. The third kappa shape index (κ3) is 2.49. The molecule has 0 spiro atoms. The molecule has 0 radical (unpaired) electrons. The standard InChI is InChI=1S/C11H18N2O2/c1-11(2,3)8-7-15-10(13-8)6-9-12-4-5-14-9/h8H,4-7H2,1-3H3. The van der Waals surface area contributed by atoms with Crippen molar-refractivity contribution >= 4 is 11.8 Å². The predicted octanol–water partition coefficient (Wildman–Crippen LogP) is 1.65. The Morgan fingerprint density at radius 2 is 2.07 bits per heavy atom. The highest BCUT2D eigenvalue weighted by molar-refractivity contribution is 5.98. The molecule has 0 fully saturated rings. The first-order valence-electron chi connectivity index (χ1n) is 5.41. The van der Waals surface area contributed by atoms with Crippen LogP contribution in [0.4, 0.5) is 0 Å². The highest BCUT2D eigenvalue weighted by atomic mass is 16.5. The Kier molecular flexibility index (Phi) is 2.67. The van der Waals surface area contributed by atoms with E-state index in [1.807, 2.05) is 0 Å². The van der Waals surface area contributed by atoms with Crippen LogP contribution in [0.25, 0.3) is 0 Å². The van der Waals surface area contributed by atoms with E-state index < -0.39 is 0 Å². The second-order valence-electron chi connectivity index (χ2n) is 5.02. The monoisotopic (exact) mass is 210 g/mol. The van der Waals surface area contributed by atoms with Gasteiger partial charge >= 0.3 is 0 Å². The summed E-state index contributed by atoms with van der Waals surface area (Å²) < 4.78 is 10.9. The summed E-state index contributed by atoms with van der Waals surface area (Å²) >= 11 is 0. The van der Waals surface area contributed by atoms with Gasteiger partial charge < -0.3 is 9.47 Å². The van der Waals surface area contributed by atoms with Crippen LogP contribution in [0.3, 0.4) is 0 Å². The van der Waals surface area contributed by atoms with Crippen molar-refractivity contribution in [2.45, 2.75) is 33.2 Å². The summed E-state index contributed by atoms with van der Waals surface area (Å²) in [5.41, 5.74) is 0.167. The number of nitrogens with zero attached hydrogens (tertiary/aromatic N) is 2. The fraction of sp³-hybridized carbons (Fsp3) is 0.818. The molecule has 0 aromatic heterocycles. The summed E-state index contributed by atoms with van der Waals surface area (Å²) in [6.45, 7) is 8.69. The van der Waals surface area contributed by atoms with Crippen LogP contribution >= 0.6 is 0 Å². The molecule has 15 heavy (non-hydrogen) atoms. The van der Waals surface area contributed by atoms with Crippen LogP contribution in [-0.2, 0) is 9.47 Å². The van der Waals surface area contributed by atoms with E-state index in [0.717, 1.165) is 18.3 Å². The van der Waals surface area contributed by atoms with Gasteiger partial charge in [-0.1, -0.05) is 20.8 Å². The van der Waals surface area contributed by atoms with Crippen molar-refractivity contribution in [3.05, 3.63) is 0 Å². The molecule has 4 heteroatoms. The van der Waals surface area contributed by atoms with E-state index in [1.165, 1.54) is 0 Å². The van der Waals surface area contributed by atoms with Gasteiger partial charge in [-0.2, -0.15) is 0 Å². The van der Waals surface area contributed by atoms with Gasteiger partial charge in [-0.3, -0.25) is 4.99 Å². The highest BCUT2D eigenvalue weighted by Crippen LogP contribution is 2.26. The van der Waals surface area contributed by atoms with Crippen LogP contribution in [0.15, 0.2) is 9.98 Å². The molecule has 0 amide bonds. The van der Waals surface area contributed by atoms with Crippen molar-refractivity contribution < 1.29 is 9.47 Å². The summed E-state index contributed by atoms with van der Waals surface area (Å²) in [6, 6.07) is 0.259. The van der Waals surface area contributed by atoms with E-state index in [9.17, 15) is 0 Å². The van der Waals surface area contributed by atoms with Crippen molar-refractivity contribution in [1.29, 1.82) is 0 Å². The summed E-state index contributed by atoms with van der Waals surface area (Å²) in [4.78, 5) is 8.78. The molecule has 1 unspecified atom stereocenters. The first-order chi connectivity index (χ1) is 7.05. The predicted molar refractivity (Wildman–Crippen MR) is 59.5 cm³/mol. The highest BCUT2D eigenvalue weighted by Gasteiger charge is 2.30. The molecule has 0 aromatic rings. The molecule has 4 nitrogen and oxygen atoms in total. The molecule has 0 aromatic carbocycles. The molecule has 2 heterocycles. The molecular weight excluding hydrogens is 192 g/mol. The lowest BCUT2D eigenvalue weighted by Gasteiger charge is -2.21. The van der Waals surface area contributed by atoms with Crippen LogP contribution in [0.5, 0.6) is 0 Å². The first-order valence-corrected chi connectivity index (χ1v) is 5.41. The lowest BCUT2D eigenvalue weighted by atomic mass is 9.88. The molecule has 2 aliphatic rings. The summed E-state index contributed by atoms with van der Waals surface area (Å²) in [6.07, 6.45) is 0.618. The minimum atomic E-state index is 0.167. The largest absolute Gasteiger partial charge is 0.479 e. The van der Waals surface area contributed by atoms with Crippen molar-refractivity contribution in [1.82, 2.24) is 0 Å². The number of rotatable bonds is 2. The van der Waals surface area contributed by atoms with Gasteiger partial charge in [0.2, 0.25) is 0 Å². The van der Waals surface area contributed by atoms with E-state index in [1.54, 1.807) is 0 Å². The minimum Gasteiger partial charge on any atom is -0.479 e. The topological polar surface area (TPSA) is 43.2 Å². The average Bonchev–Trinajstić information content (AvgIpc) is 2.73. The van der Waals surface area contributed by atoms with E-state index in [4.69, 9.17) is 9.47 Å². The van der Waals surface area contributed by atoms with Gasteiger partial charge in [0.15, 0.2) is 11.8 Å². The SMILES string of the molecule is CC(C)(C)C1COC(CC2=NCCO2)=N1. The van der Waals surface area contributed by atoms with Crippen molar-refractivity contribution in [3.8, 4) is 0 Å². The Balaban J connectivity index is 1.94. The number of ether oxygens (including phenoxy) is 2. The summed E-state index contributed by atoms with van der Waals surface area (Å²) in [5, 5.41) is 0. The van der Waals surface area contributed by atoms with Crippen LogP contribution in [0.1, 0.15) is 27.2 Å². The summed E-state index contributed by atoms with van der Waals surface area (Å²) in [5.74, 6) is 1.54. The molecule has 2 aliphatic heterocycles. The lowest BCUT2D eigenvalue weighted by Crippen LogP contribution is -2.25. The zero-order valence-corrected chi connectivity index (χ0v) is 9.62. The fourth-order valence-electron chi connectivity index (χ4n) is 1.58. The third-order valence-electron chi connectivity index (χ3n) is 2.66. The molecule has 0 saturated heterocycles. The average molecular weight is 210 g/mol. The molecular formula is C11H18N2O2. The van der Waals surface area contributed by atoms with Gasteiger partial charge in [0.25, 0.3) is 0 Å². The molecule has 0 aliphatic carbocycles. The quantitative estimate of drug-likeness (QED) is 0.695. The van der Waals surface area contributed by atoms with Crippen LogP contribution in [0.2, 0.25) is 0 Å². The Morgan fingerprint density at radius 1 is 1.27 bits per heavy atom. The van der Waals surface area contributed by atoms with Crippen LogP contribution in [-0.4, -0.2) is 37.6 Å². The first kappa shape index (κ1) is 10.5. The van der Waals surface area contributed by atoms with Crippen LogP contribution < -0.4 is 0 Å². The second-order valence-corrected chi connectivity index (χ2v) is 5.02. The zero-order valence-electron chi connectivity index (χ0n) is 9.62. The van der Waals surface area contributed by atoms with E-state index in [0.29, 0.717) is 19.6 Å². The molecule has 1 atom stereocenters. The van der Waals surface area contributed by atoms with E-state index in [-0.39, 0.29) is 11.5 Å². The summed E-state index contributed by atoms with van der Waals surface area (Å²) in [7, 11) is 0. The Bertz CT molecular complexity index is 302. The number of aliphatic imine (C=N–C) groups is 2. The Labute approximate surface area is 90.4 Å². The maximum absolute atomic E-state index is 5.54. The smallest absolute Gasteiger partial charge is 0.193 e. The molecule has 84 valence electrons. The lowest BCUT2D eigenvalue weighted by molar-refractivity contribution is 0.233. The molecule has 2 rings (SSSR count). The zero-order chi connectivity index (χ0) is 10.9. The van der Waals surface area contributed by atoms with Gasteiger partial charge in [-0.25, -0.2) is 4.99 Å². The van der Waals surface area contributed by atoms with E-state index in [2.05, 4.69) is 30.8 Å². The Morgan fingerprint density at radius 3 is 2.60 bits per heavy atom. The maximum atomic E-state index is 5.54. The third-order valence-corrected chi connectivity index (χ3v) is 2.66. The van der Waals surface area contributed by atoms with Gasteiger partial charge in [0, 0.05) is 0 Å². The number of hydrogen-bond acceptors (Lipinski definition) is 4. The molecule has 0 saturated carbocycles. The number of hydrogen-bond donors (Lipinski definition) is 0. The minimum absolute atomic E-state index is 0.167. The second kappa shape index (κ2) is 3.83. The maximum Gasteiger partial charge on any atom is 0.193 e. The van der Waals surface area contributed by atoms with Gasteiger partial charge in [0.1, 0.15) is 13.2 Å². The van der Waals surface area contributed by atoms with Gasteiger partial charge in [-0.15, -0.1) is 0 Å². The fourth-order valence-corrected chi connectivity index (χ4v) is 1.58. The van der Waals surface area contributed by atoms with Crippen LogP contribution in [0, 0.1) is 5.41 Å². The van der Waals surface area contributed by atoms with Gasteiger partial charge in [-0.05, 0) is 5.41 Å². The van der Waals surface area contributed by atoms with Crippen molar-refractivity contribution in [2.24, 2.45) is 15.4 Å². The van der Waals surface area contributed by atoms with Crippen molar-refractivity contribution in [2.75, 3.05) is 19.8 Å². The van der Waals surface area contributed by atoms with E-state index >= 15 is 0 Å². The van der Waals surface area contributed by atoms with Gasteiger partial charge in [0.05, 0.1) is 19.0 Å². The normalized spacial score (nSPS) is 25.7.